The molecule has 2 rings (SSSR count). The SMILES string of the molecule is COc1cc(CNC(=O)[C@@H]2C[C@@H](O)CN2)ccc1C. The highest BCUT2D eigenvalue weighted by Gasteiger charge is 2.27. The second kappa shape index (κ2) is 6.04. The summed E-state index contributed by atoms with van der Waals surface area (Å²) >= 11 is 0. The molecule has 1 heterocycles. The lowest BCUT2D eigenvalue weighted by Gasteiger charge is -2.12. The van der Waals surface area contributed by atoms with Crippen LogP contribution in [0.1, 0.15) is 17.5 Å². The van der Waals surface area contributed by atoms with Crippen LogP contribution in [-0.2, 0) is 11.3 Å². The summed E-state index contributed by atoms with van der Waals surface area (Å²) in [5, 5.41) is 15.2. The van der Waals surface area contributed by atoms with Crippen LogP contribution in [0.15, 0.2) is 18.2 Å². The fourth-order valence-electron chi connectivity index (χ4n) is 2.20. The van der Waals surface area contributed by atoms with E-state index in [1.165, 1.54) is 0 Å². The highest BCUT2D eigenvalue weighted by atomic mass is 16.5. The van der Waals surface area contributed by atoms with Crippen molar-refractivity contribution in [1.82, 2.24) is 10.6 Å². The zero-order chi connectivity index (χ0) is 13.8. The summed E-state index contributed by atoms with van der Waals surface area (Å²) in [4.78, 5) is 11.9. The molecule has 3 N–H and O–H groups in total. The maximum absolute atomic E-state index is 11.9. The fourth-order valence-corrected chi connectivity index (χ4v) is 2.20. The first kappa shape index (κ1) is 13.8. The second-order valence-corrected chi connectivity index (χ2v) is 4.87. The zero-order valence-electron chi connectivity index (χ0n) is 11.3. The van der Waals surface area contributed by atoms with E-state index in [2.05, 4.69) is 10.6 Å². The molecule has 0 spiro atoms. The molecule has 1 aliphatic rings. The Balaban J connectivity index is 1.90. The van der Waals surface area contributed by atoms with Gasteiger partial charge in [-0.25, -0.2) is 0 Å². The summed E-state index contributed by atoms with van der Waals surface area (Å²) in [7, 11) is 1.63. The van der Waals surface area contributed by atoms with Crippen LogP contribution in [-0.4, -0.2) is 36.8 Å². The van der Waals surface area contributed by atoms with Crippen molar-refractivity contribution in [3.63, 3.8) is 0 Å². The lowest BCUT2D eigenvalue weighted by atomic mass is 10.1. The van der Waals surface area contributed by atoms with Crippen LogP contribution in [0.4, 0.5) is 0 Å². The standard InChI is InChI=1S/C14H20N2O3/c1-9-3-4-10(5-13(9)19-2)7-16-14(18)12-6-11(17)8-15-12/h3-5,11-12,15,17H,6-8H2,1-2H3,(H,16,18)/t11-,12+/m1/s1. The predicted octanol–water partition coefficient (Wildman–Crippen LogP) is 0.343. The van der Waals surface area contributed by atoms with E-state index in [0.717, 1.165) is 16.9 Å². The topological polar surface area (TPSA) is 70.6 Å². The Morgan fingerprint density at radius 2 is 2.37 bits per heavy atom. The quantitative estimate of drug-likeness (QED) is 0.733. The number of aliphatic hydroxyl groups excluding tert-OH is 1. The molecule has 1 fully saturated rings. The number of aryl methyl sites for hydroxylation is 1. The van der Waals surface area contributed by atoms with Crippen molar-refractivity contribution in [2.45, 2.75) is 32.0 Å². The van der Waals surface area contributed by atoms with Crippen LogP contribution in [0.3, 0.4) is 0 Å². The molecule has 0 aromatic heterocycles. The first-order chi connectivity index (χ1) is 9.10. The number of carbonyl (C=O) groups excluding carboxylic acids is 1. The molecule has 1 aromatic carbocycles. The minimum Gasteiger partial charge on any atom is -0.496 e. The minimum atomic E-state index is -0.421. The van der Waals surface area contributed by atoms with E-state index >= 15 is 0 Å². The van der Waals surface area contributed by atoms with Crippen molar-refractivity contribution in [3.05, 3.63) is 29.3 Å². The van der Waals surface area contributed by atoms with Crippen LogP contribution in [0.5, 0.6) is 5.75 Å². The number of benzene rings is 1. The smallest absolute Gasteiger partial charge is 0.237 e. The van der Waals surface area contributed by atoms with Crippen molar-refractivity contribution in [2.24, 2.45) is 0 Å². The van der Waals surface area contributed by atoms with Crippen LogP contribution in [0.2, 0.25) is 0 Å². The molecule has 0 unspecified atom stereocenters. The third-order valence-electron chi connectivity index (χ3n) is 3.36. The third-order valence-corrected chi connectivity index (χ3v) is 3.36. The molecule has 19 heavy (non-hydrogen) atoms. The van der Waals surface area contributed by atoms with Crippen molar-refractivity contribution >= 4 is 5.91 Å². The number of aliphatic hydroxyl groups is 1. The number of ether oxygens (including phenoxy) is 1. The number of amides is 1. The molecule has 2 atom stereocenters. The highest BCUT2D eigenvalue weighted by Crippen LogP contribution is 2.18. The van der Waals surface area contributed by atoms with E-state index in [9.17, 15) is 9.90 Å². The van der Waals surface area contributed by atoms with Crippen LogP contribution in [0, 0.1) is 6.92 Å². The molecule has 1 aromatic rings. The Kier molecular flexibility index (Phi) is 4.39. The highest BCUT2D eigenvalue weighted by molar-refractivity contribution is 5.82. The Bertz CT molecular complexity index is 462. The molecule has 0 bridgehead atoms. The summed E-state index contributed by atoms with van der Waals surface area (Å²) in [6.07, 6.45) is 0.0542. The van der Waals surface area contributed by atoms with Gasteiger partial charge >= 0.3 is 0 Å². The van der Waals surface area contributed by atoms with E-state index in [1.54, 1.807) is 7.11 Å². The number of methoxy groups -OCH3 is 1. The lowest BCUT2D eigenvalue weighted by molar-refractivity contribution is -0.123. The number of nitrogens with one attached hydrogen (secondary N) is 2. The second-order valence-electron chi connectivity index (χ2n) is 4.87. The zero-order valence-corrected chi connectivity index (χ0v) is 11.3. The van der Waals surface area contributed by atoms with E-state index in [4.69, 9.17) is 4.74 Å². The van der Waals surface area contributed by atoms with E-state index < -0.39 is 6.10 Å². The first-order valence-corrected chi connectivity index (χ1v) is 6.43. The molecule has 1 amide bonds. The number of rotatable bonds is 4. The van der Waals surface area contributed by atoms with Crippen molar-refractivity contribution in [1.29, 1.82) is 0 Å². The summed E-state index contributed by atoms with van der Waals surface area (Å²) in [6, 6.07) is 5.57. The van der Waals surface area contributed by atoms with Crippen molar-refractivity contribution < 1.29 is 14.6 Å². The minimum absolute atomic E-state index is 0.0731. The fraction of sp³-hybridized carbons (Fsp3) is 0.500. The Morgan fingerprint density at radius 1 is 1.58 bits per heavy atom. The van der Waals surface area contributed by atoms with Crippen molar-refractivity contribution in [3.8, 4) is 5.75 Å². The molecule has 0 aliphatic carbocycles. The summed E-state index contributed by atoms with van der Waals surface area (Å²) in [5.41, 5.74) is 2.06. The monoisotopic (exact) mass is 264 g/mol. The lowest BCUT2D eigenvalue weighted by Crippen LogP contribution is -2.40. The largest absolute Gasteiger partial charge is 0.496 e. The molecule has 1 saturated heterocycles. The van der Waals surface area contributed by atoms with Gasteiger partial charge in [0, 0.05) is 13.1 Å². The van der Waals surface area contributed by atoms with Gasteiger partial charge in [-0.15, -0.1) is 0 Å². The van der Waals surface area contributed by atoms with E-state index in [0.29, 0.717) is 19.5 Å². The van der Waals surface area contributed by atoms with Gasteiger partial charge in [0.25, 0.3) is 0 Å². The van der Waals surface area contributed by atoms with Gasteiger partial charge in [0.15, 0.2) is 0 Å². The number of β-amino-alcohol motifs (C(OH)–C–C–N with tert-alkyl or cyclic N) is 1. The van der Waals surface area contributed by atoms with Crippen LogP contribution >= 0.6 is 0 Å². The summed E-state index contributed by atoms with van der Waals surface area (Å²) in [6.45, 7) is 2.92. The average molecular weight is 264 g/mol. The van der Waals surface area contributed by atoms with E-state index in [1.807, 2.05) is 25.1 Å². The van der Waals surface area contributed by atoms with Gasteiger partial charge in [0.2, 0.25) is 5.91 Å². The third kappa shape index (κ3) is 3.45. The predicted molar refractivity (Wildman–Crippen MR) is 72.0 cm³/mol. The van der Waals surface area contributed by atoms with Gasteiger partial charge in [-0.1, -0.05) is 12.1 Å². The molecule has 0 saturated carbocycles. The van der Waals surface area contributed by atoms with Crippen LogP contribution in [0.25, 0.3) is 0 Å². The van der Waals surface area contributed by atoms with Gasteiger partial charge in [0.05, 0.1) is 19.3 Å². The van der Waals surface area contributed by atoms with Crippen molar-refractivity contribution in [2.75, 3.05) is 13.7 Å². The van der Waals surface area contributed by atoms with Gasteiger partial charge in [-0.05, 0) is 30.5 Å². The summed E-state index contributed by atoms with van der Waals surface area (Å²) < 4.78 is 5.25. The first-order valence-electron chi connectivity index (χ1n) is 6.43. The van der Waals surface area contributed by atoms with E-state index in [-0.39, 0.29) is 11.9 Å². The Labute approximate surface area is 113 Å². The van der Waals surface area contributed by atoms with Gasteiger partial charge < -0.3 is 20.5 Å². The average Bonchev–Trinajstić information content (AvgIpc) is 2.84. The number of carbonyl (C=O) groups is 1. The Hall–Kier alpha value is -1.59. The van der Waals surface area contributed by atoms with Crippen LogP contribution < -0.4 is 15.4 Å². The molecular formula is C14H20N2O3. The number of hydrogen-bond acceptors (Lipinski definition) is 4. The molecule has 104 valence electrons. The van der Waals surface area contributed by atoms with Gasteiger partial charge in [0.1, 0.15) is 5.75 Å². The molecule has 5 heteroatoms. The normalized spacial score (nSPS) is 22.3. The van der Waals surface area contributed by atoms with Gasteiger partial charge in [-0.3, -0.25) is 4.79 Å². The number of hydrogen-bond donors (Lipinski definition) is 3. The summed E-state index contributed by atoms with van der Waals surface area (Å²) in [5.74, 6) is 0.747. The molecule has 0 radical (unpaired) electrons. The van der Waals surface area contributed by atoms with Gasteiger partial charge in [-0.2, -0.15) is 0 Å². The molecule has 1 aliphatic heterocycles. The molecular weight excluding hydrogens is 244 g/mol. The molecule has 5 nitrogen and oxygen atoms in total. The Morgan fingerprint density at radius 3 is 3.00 bits per heavy atom. The maximum Gasteiger partial charge on any atom is 0.237 e. The maximum atomic E-state index is 11.9.